The summed E-state index contributed by atoms with van der Waals surface area (Å²) < 4.78 is 11.3. The molecule has 24 heavy (non-hydrogen) atoms. The van der Waals surface area contributed by atoms with E-state index in [2.05, 4.69) is 16.3 Å². The van der Waals surface area contributed by atoms with Gasteiger partial charge in [-0.2, -0.15) is 5.26 Å². The molecule has 2 aromatic rings. The molecule has 2 heterocycles. The molecule has 1 fully saturated rings. The lowest BCUT2D eigenvalue weighted by Gasteiger charge is -2.33. The number of furan rings is 1. The van der Waals surface area contributed by atoms with Crippen molar-refractivity contribution in [3.05, 3.63) is 52.4 Å². The Morgan fingerprint density at radius 1 is 1.29 bits per heavy atom. The normalized spacial score (nSPS) is 16.5. The molecule has 1 atom stereocenters. The number of morpholine rings is 1. The molecular formula is C18H20ClN3O2. The monoisotopic (exact) mass is 345 g/mol. The summed E-state index contributed by atoms with van der Waals surface area (Å²) in [5.74, 6) is 1.82. The van der Waals surface area contributed by atoms with Crippen molar-refractivity contribution in [2.45, 2.75) is 13.0 Å². The molecule has 1 aromatic carbocycles. The van der Waals surface area contributed by atoms with Crippen LogP contribution in [0.15, 0.2) is 34.7 Å². The zero-order chi connectivity index (χ0) is 16.9. The number of nitrogens with one attached hydrogen (secondary N) is 1. The largest absolute Gasteiger partial charge is 0.465 e. The fraction of sp³-hybridized carbons (Fsp3) is 0.389. The first-order valence-corrected chi connectivity index (χ1v) is 8.37. The van der Waals surface area contributed by atoms with Crippen LogP contribution in [0.3, 0.4) is 0 Å². The van der Waals surface area contributed by atoms with Gasteiger partial charge in [0.2, 0.25) is 0 Å². The molecule has 0 saturated carbocycles. The third-order valence-corrected chi connectivity index (χ3v) is 4.40. The lowest BCUT2D eigenvalue weighted by Crippen LogP contribution is -2.41. The Morgan fingerprint density at radius 3 is 2.75 bits per heavy atom. The maximum atomic E-state index is 9.28. The standard InChI is InChI=1S/C18H20ClN3O2/c1-13-2-5-18(24-13)17(22-6-8-23-9-7-22)12-21-16-4-3-15(19)10-14(16)11-20/h2-5,10,17,21H,6-9,12H2,1H3. The highest BCUT2D eigenvalue weighted by molar-refractivity contribution is 6.30. The molecule has 0 amide bonds. The van der Waals surface area contributed by atoms with Crippen LogP contribution in [0.1, 0.15) is 23.1 Å². The Labute approximate surface area is 146 Å². The molecule has 0 radical (unpaired) electrons. The summed E-state index contributed by atoms with van der Waals surface area (Å²) in [5, 5.41) is 13.2. The van der Waals surface area contributed by atoms with Gasteiger partial charge in [-0.15, -0.1) is 0 Å². The Hall–Kier alpha value is -2.00. The molecule has 1 aliphatic heterocycles. The van der Waals surface area contributed by atoms with E-state index in [0.717, 1.165) is 43.5 Å². The van der Waals surface area contributed by atoms with Crippen LogP contribution in [0.25, 0.3) is 0 Å². The number of nitriles is 1. The van der Waals surface area contributed by atoms with E-state index >= 15 is 0 Å². The lowest BCUT2D eigenvalue weighted by molar-refractivity contribution is 0.0143. The van der Waals surface area contributed by atoms with Crippen molar-refractivity contribution < 1.29 is 9.15 Å². The van der Waals surface area contributed by atoms with Crippen LogP contribution >= 0.6 is 11.6 Å². The maximum absolute atomic E-state index is 9.28. The van der Waals surface area contributed by atoms with Gasteiger partial charge in [-0.3, -0.25) is 4.90 Å². The topological polar surface area (TPSA) is 61.4 Å². The molecule has 1 saturated heterocycles. The van der Waals surface area contributed by atoms with E-state index in [0.29, 0.717) is 17.1 Å². The number of anilines is 1. The van der Waals surface area contributed by atoms with Gasteiger partial charge >= 0.3 is 0 Å². The second-order valence-electron chi connectivity index (χ2n) is 5.80. The zero-order valence-corrected chi connectivity index (χ0v) is 14.3. The summed E-state index contributed by atoms with van der Waals surface area (Å²) in [6, 6.07) is 11.6. The first-order chi connectivity index (χ1) is 11.7. The lowest BCUT2D eigenvalue weighted by atomic mass is 10.1. The van der Waals surface area contributed by atoms with Crippen LogP contribution in [0, 0.1) is 18.3 Å². The maximum Gasteiger partial charge on any atom is 0.123 e. The van der Waals surface area contributed by atoms with E-state index < -0.39 is 0 Å². The van der Waals surface area contributed by atoms with Gasteiger partial charge in [-0.25, -0.2) is 0 Å². The average Bonchev–Trinajstić information content (AvgIpc) is 3.03. The smallest absolute Gasteiger partial charge is 0.123 e. The molecule has 0 bridgehead atoms. The summed E-state index contributed by atoms with van der Waals surface area (Å²) in [7, 11) is 0. The van der Waals surface area contributed by atoms with Crippen LogP contribution in [-0.2, 0) is 4.74 Å². The van der Waals surface area contributed by atoms with E-state index in [4.69, 9.17) is 20.8 Å². The van der Waals surface area contributed by atoms with Gasteiger partial charge in [0.15, 0.2) is 0 Å². The van der Waals surface area contributed by atoms with Gasteiger partial charge in [0, 0.05) is 24.7 Å². The van der Waals surface area contributed by atoms with Crippen molar-refractivity contribution >= 4 is 17.3 Å². The van der Waals surface area contributed by atoms with E-state index in [9.17, 15) is 5.26 Å². The van der Waals surface area contributed by atoms with Crippen LogP contribution < -0.4 is 5.32 Å². The number of benzene rings is 1. The van der Waals surface area contributed by atoms with Crippen LogP contribution in [0.2, 0.25) is 5.02 Å². The Morgan fingerprint density at radius 2 is 2.08 bits per heavy atom. The number of ether oxygens (including phenoxy) is 1. The van der Waals surface area contributed by atoms with Crippen molar-refractivity contribution in [3.8, 4) is 6.07 Å². The second kappa shape index (κ2) is 7.71. The first kappa shape index (κ1) is 16.8. The van der Waals surface area contributed by atoms with Crippen molar-refractivity contribution in [2.24, 2.45) is 0 Å². The molecule has 1 N–H and O–H groups in total. The summed E-state index contributed by atoms with van der Waals surface area (Å²) in [6.45, 7) is 5.75. The molecular weight excluding hydrogens is 326 g/mol. The van der Waals surface area contributed by atoms with E-state index in [1.165, 1.54) is 0 Å². The van der Waals surface area contributed by atoms with Crippen LogP contribution in [0.4, 0.5) is 5.69 Å². The fourth-order valence-electron chi connectivity index (χ4n) is 2.90. The minimum absolute atomic E-state index is 0.0878. The summed E-state index contributed by atoms with van der Waals surface area (Å²) in [6.07, 6.45) is 0. The minimum atomic E-state index is 0.0878. The summed E-state index contributed by atoms with van der Waals surface area (Å²) in [4.78, 5) is 2.34. The highest BCUT2D eigenvalue weighted by atomic mass is 35.5. The third kappa shape index (κ3) is 3.90. The Kier molecular flexibility index (Phi) is 5.41. The van der Waals surface area contributed by atoms with Gasteiger partial charge in [0.1, 0.15) is 17.6 Å². The molecule has 1 unspecified atom stereocenters. The molecule has 5 nitrogen and oxygen atoms in total. The van der Waals surface area contributed by atoms with Crippen molar-refractivity contribution in [3.63, 3.8) is 0 Å². The van der Waals surface area contributed by atoms with Crippen LogP contribution in [-0.4, -0.2) is 37.7 Å². The van der Waals surface area contributed by atoms with Gasteiger partial charge in [0.05, 0.1) is 30.5 Å². The minimum Gasteiger partial charge on any atom is -0.465 e. The summed E-state index contributed by atoms with van der Waals surface area (Å²) >= 11 is 5.96. The second-order valence-corrected chi connectivity index (χ2v) is 6.23. The zero-order valence-electron chi connectivity index (χ0n) is 13.6. The molecule has 6 heteroatoms. The van der Waals surface area contributed by atoms with Gasteiger partial charge in [0.25, 0.3) is 0 Å². The highest BCUT2D eigenvalue weighted by Crippen LogP contribution is 2.26. The molecule has 126 valence electrons. The third-order valence-electron chi connectivity index (χ3n) is 4.16. The molecule has 0 aliphatic carbocycles. The first-order valence-electron chi connectivity index (χ1n) is 7.99. The number of halogens is 1. The van der Waals surface area contributed by atoms with Crippen molar-refractivity contribution in [1.29, 1.82) is 5.26 Å². The van der Waals surface area contributed by atoms with Crippen LogP contribution in [0.5, 0.6) is 0 Å². The van der Waals surface area contributed by atoms with E-state index in [1.807, 2.05) is 25.1 Å². The number of nitrogens with zero attached hydrogens (tertiary/aromatic N) is 2. The molecule has 0 spiro atoms. The molecule has 3 rings (SSSR count). The Bertz CT molecular complexity index is 732. The number of aryl methyl sites for hydroxylation is 1. The highest BCUT2D eigenvalue weighted by Gasteiger charge is 2.25. The number of rotatable bonds is 5. The fourth-order valence-corrected chi connectivity index (χ4v) is 3.07. The SMILES string of the molecule is Cc1ccc(C(CNc2ccc(Cl)cc2C#N)N2CCOCC2)o1. The van der Waals surface area contributed by atoms with Crippen molar-refractivity contribution in [2.75, 3.05) is 38.2 Å². The van der Waals surface area contributed by atoms with Crippen molar-refractivity contribution in [1.82, 2.24) is 4.90 Å². The van der Waals surface area contributed by atoms with Gasteiger partial charge < -0.3 is 14.5 Å². The van der Waals surface area contributed by atoms with Gasteiger partial charge in [-0.1, -0.05) is 11.6 Å². The summed E-state index contributed by atoms with van der Waals surface area (Å²) in [5.41, 5.74) is 1.32. The quantitative estimate of drug-likeness (QED) is 0.897. The number of hydrogen-bond donors (Lipinski definition) is 1. The number of hydrogen-bond acceptors (Lipinski definition) is 5. The predicted molar refractivity (Wildman–Crippen MR) is 93.2 cm³/mol. The predicted octanol–water partition coefficient (Wildman–Crippen LogP) is 3.60. The van der Waals surface area contributed by atoms with E-state index in [-0.39, 0.29) is 6.04 Å². The average molecular weight is 346 g/mol. The Balaban J connectivity index is 1.78. The van der Waals surface area contributed by atoms with E-state index in [1.54, 1.807) is 12.1 Å². The van der Waals surface area contributed by atoms with Gasteiger partial charge in [-0.05, 0) is 37.3 Å². The molecule has 1 aliphatic rings. The molecule has 1 aromatic heterocycles.